The van der Waals surface area contributed by atoms with Crippen LogP contribution in [0.25, 0.3) is 10.3 Å². The average Bonchev–Trinajstić information content (AvgIpc) is 3.25. The largest absolute Gasteiger partial charge is 0.490 e. The summed E-state index contributed by atoms with van der Waals surface area (Å²) in [5.74, 6) is 1.57. The molecule has 0 bridgehead atoms. The molecule has 0 saturated carbocycles. The molecule has 0 aliphatic carbocycles. The zero-order valence-corrected chi connectivity index (χ0v) is 19.5. The molecule has 1 fully saturated rings. The number of pyridine rings is 1. The summed E-state index contributed by atoms with van der Waals surface area (Å²) >= 11 is 1.58. The van der Waals surface area contributed by atoms with Crippen LogP contribution in [-0.4, -0.2) is 66.8 Å². The number of benzene rings is 1. The van der Waals surface area contributed by atoms with E-state index in [-0.39, 0.29) is 5.91 Å². The molecule has 8 nitrogen and oxygen atoms in total. The molecule has 1 amide bonds. The van der Waals surface area contributed by atoms with Crippen LogP contribution in [0.15, 0.2) is 30.5 Å². The van der Waals surface area contributed by atoms with E-state index < -0.39 is 0 Å². The summed E-state index contributed by atoms with van der Waals surface area (Å²) in [6.07, 6.45) is 1.78. The van der Waals surface area contributed by atoms with Gasteiger partial charge in [-0.3, -0.25) is 4.79 Å². The first-order valence-corrected chi connectivity index (χ1v) is 11.8. The van der Waals surface area contributed by atoms with E-state index in [0.717, 1.165) is 28.6 Å². The van der Waals surface area contributed by atoms with E-state index in [9.17, 15) is 4.79 Å². The van der Waals surface area contributed by atoms with Crippen molar-refractivity contribution in [2.45, 2.75) is 20.8 Å². The molecule has 0 radical (unpaired) electrons. The van der Waals surface area contributed by atoms with Crippen molar-refractivity contribution in [1.82, 2.24) is 14.9 Å². The molecule has 3 aromatic rings. The first-order chi connectivity index (χ1) is 15.6. The Morgan fingerprint density at radius 3 is 2.25 bits per heavy atom. The number of nitrogens with zero attached hydrogens (tertiary/aromatic N) is 4. The summed E-state index contributed by atoms with van der Waals surface area (Å²) in [5, 5.41) is 0.948. The molecule has 4 rings (SSSR count). The topological polar surface area (TPSA) is 77.0 Å². The summed E-state index contributed by atoms with van der Waals surface area (Å²) in [4.78, 5) is 27.4. The molecule has 2 aromatic heterocycles. The molecule has 0 spiro atoms. The minimum Gasteiger partial charge on any atom is -0.490 e. The number of anilines is 1. The van der Waals surface area contributed by atoms with E-state index in [1.54, 1.807) is 29.7 Å². The Kier molecular flexibility index (Phi) is 6.94. The smallest absolute Gasteiger partial charge is 0.254 e. The highest BCUT2D eigenvalue weighted by Crippen LogP contribution is 2.39. The van der Waals surface area contributed by atoms with Crippen LogP contribution in [0.1, 0.15) is 31.1 Å². The SMILES string of the molecule is CCOc1cc(C(=O)N2CCN(c3nc4cccnc4s3)CC2)cc(OCC)c1OCC. The lowest BCUT2D eigenvalue weighted by Gasteiger charge is -2.34. The fraction of sp³-hybridized carbons (Fsp3) is 0.435. The maximum atomic E-state index is 13.3. The van der Waals surface area contributed by atoms with Crippen molar-refractivity contribution >= 4 is 32.7 Å². The van der Waals surface area contributed by atoms with Gasteiger partial charge in [0.15, 0.2) is 16.6 Å². The third kappa shape index (κ3) is 4.57. The van der Waals surface area contributed by atoms with Gasteiger partial charge < -0.3 is 24.0 Å². The summed E-state index contributed by atoms with van der Waals surface area (Å²) in [7, 11) is 0. The van der Waals surface area contributed by atoms with Gasteiger partial charge in [-0.1, -0.05) is 11.3 Å². The Balaban J connectivity index is 1.50. The molecular formula is C23H28N4O4S. The van der Waals surface area contributed by atoms with Gasteiger partial charge in [0.1, 0.15) is 10.3 Å². The standard InChI is InChI=1S/C23H28N4O4S/c1-4-29-18-14-16(15-19(30-5-2)20(18)31-6-3)22(28)26-10-12-27(13-11-26)23-25-17-8-7-9-24-21(17)32-23/h7-9,14-15H,4-6,10-13H2,1-3H3. The van der Waals surface area contributed by atoms with Crippen molar-refractivity contribution in [3.05, 3.63) is 36.0 Å². The molecule has 1 aliphatic heterocycles. The van der Waals surface area contributed by atoms with Crippen LogP contribution in [0.4, 0.5) is 5.13 Å². The van der Waals surface area contributed by atoms with Crippen LogP contribution in [0.3, 0.4) is 0 Å². The molecule has 170 valence electrons. The molecule has 1 saturated heterocycles. The van der Waals surface area contributed by atoms with E-state index in [1.807, 2.05) is 37.8 Å². The molecule has 32 heavy (non-hydrogen) atoms. The zero-order chi connectivity index (χ0) is 22.5. The lowest BCUT2D eigenvalue weighted by molar-refractivity contribution is 0.0745. The van der Waals surface area contributed by atoms with Crippen LogP contribution in [0.5, 0.6) is 17.2 Å². The van der Waals surface area contributed by atoms with E-state index in [4.69, 9.17) is 14.2 Å². The number of fused-ring (bicyclic) bond motifs is 1. The second-order valence-electron chi connectivity index (χ2n) is 7.20. The Hall–Kier alpha value is -3.07. The number of hydrogen-bond donors (Lipinski definition) is 0. The number of aromatic nitrogens is 2. The highest BCUT2D eigenvalue weighted by Gasteiger charge is 2.26. The number of carbonyl (C=O) groups is 1. The number of carbonyl (C=O) groups excluding carboxylic acids is 1. The normalized spacial score (nSPS) is 14.0. The van der Waals surface area contributed by atoms with Gasteiger partial charge in [0.2, 0.25) is 5.75 Å². The first kappa shape index (κ1) is 22.1. The van der Waals surface area contributed by atoms with Crippen LogP contribution in [0, 0.1) is 0 Å². The lowest BCUT2D eigenvalue weighted by Crippen LogP contribution is -2.48. The predicted molar refractivity (Wildman–Crippen MR) is 125 cm³/mol. The van der Waals surface area contributed by atoms with Gasteiger partial charge in [0.05, 0.1) is 19.8 Å². The average molecular weight is 457 g/mol. The van der Waals surface area contributed by atoms with Crippen LogP contribution >= 0.6 is 11.3 Å². The van der Waals surface area contributed by atoms with Crippen LogP contribution in [-0.2, 0) is 0 Å². The third-order valence-electron chi connectivity index (χ3n) is 5.15. The van der Waals surface area contributed by atoms with E-state index in [2.05, 4.69) is 14.9 Å². The Bertz CT molecular complexity index is 1020. The van der Waals surface area contributed by atoms with Gasteiger partial charge in [-0.25, -0.2) is 9.97 Å². The summed E-state index contributed by atoms with van der Waals surface area (Å²) in [6, 6.07) is 7.38. The summed E-state index contributed by atoms with van der Waals surface area (Å²) in [6.45, 7) is 9.81. The Morgan fingerprint density at radius 2 is 1.66 bits per heavy atom. The van der Waals surface area contributed by atoms with Crippen molar-refractivity contribution in [2.24, 2.45) is 0 Å². The second-order valence-corrected chi connectivity index (χ2v) is 8.16. The number of amides is 1. The van der Waals surface area contributed by atoms with Crippen molar-refractivity contribution in [3.8, 4) is 17.2 Å². The Morgan fingerprint density at radius 1 is 1.00 bits per heavy atom. The van der Waals surface area contributed by atoms with E-state index in [0.29, 0.717) is 55.7 Å². The summed E-state index contributed by atoms with van der Waals surface area (Å²) < 4.78 is 17.3. The fourth-order valence-electron chi connectivity index (χ4n) is 3.69. The van der Waals surface area contributed by atoms with Crippen LogP contribution in [0.2, 0.25) is 0 Å². The number of hydrogen-bond acceptors (Lipinski definition) is 8. The minimum absolute atomic E-state index is 0.0411. The lowest BCUT2D eigenvalue weighted by atomic mass is 10.1. The van der Waals surface area contributed by atoms with Gasteiger partial charge in [-0.05, 0) is 45.0 Å². The molecule has 9 heteroatoms. The molecule has 1 aliphatic rings. The first-order valence-electron chi connectivity index (χ1n) is 11.0. The maximum Gasteiger partial charge on any atom is 0.254 e. The molecular weight excluding hydrogens is 428 g/mol. The number of thiazole rings is 1. The molecule has 0 N–H and O–H groups in total. The second kappa shape index (κ2) is 10.0. The maximum absolute atomic E-state index is 13.3. The van der Waals surface area contributed by atoms with Crippen molar-refractivity contribution in [3.63, 3.8) is 0 Å². The van der Waals surface area contributed by atoms with Crippen molar-refractivity contribution in [2.75, 3.05) is 50.9 Å². The molecule has 0 unspecified atom stereocenters. The minimum atomic E-state index is -0.0411. The van der Waals surface area contributed by atoms with Gasteiger partial charge >= 0.3 is 0 Å². The summed E-state index contributed by atoms with van der Waals surface area (Å²) in [5.41, 5.74) is 1.45. The van der Waals surface area contributed by atoms with Gasteiger partial charge in [0.25, 0.3) is 5.91 Å². The molecule has 3 heterocycles. The third-order valence-corrected chi connectivity index (χ3v) is 6.19. The molecule has 1 aromatic carbocycles. The zero-order valence-electron chi connectivity index (χ0n) is 18.7. The Labute approximate surface area is 191 Å². The highest BCUT2D eigenvalue weighted by atomic mass is 32.1. The predicted octanol–water partition coefficient (Wildman–Crippen LogP) is 3.85. The number of rotatable bonds is 8. The van der Waals surface area contributed by atoms with Gasteiger partial charge in [-0.15, -0.1) is 0 Å². The number of piperazine rings is 1. The van der Waals surface area contributed by atoms with Gasteiger partial charge in [0, 0.05) is 37.9 Å². The monoisotopic (exact) mass is 456 g/mol. The van der Waals surface area contributed by atoms with Crippen LogP contribution < -0.4 is 19.1 Å². The van der Waals surface area contributed by atoms with Gasteiger partial charge in [-0.2, -0.15) is 0 Å². The van der Waals surface area contributed by atoms with Crippen molar-refractivity contribution in [1.29, 1.82) is 0 Å². The quantitative estimate of drug-likeness (QED) is 0.510. The highest BCUT2D eigenvalue weighted by molar-refractivity contribution is 7.21. The van der Waals surface area contributed by atoms with E-state index >= 15 is 0 Å². The van der Waals surface area contributed by atoms with E-state index in [1.165, 1.54) is 0 Å². The van der Waals surface area contributed by atoms with Crippen molar-refractivity contribution < 1.29 is 19.0 Å². The molecule has 0 atom stereocenters. The number of ether oxygens (including phenoxy) is 3. The fourth-order valence-corrected chi connectivity index (χ4v) is 4.65.